The monoisotopic (exact) mass is 273 g/mol. The van der Waals surface area contributed by atoms with Gasteiger partial charge in [-0.05, 0) is 38.0 Å². The first kappa shape index (κ1) is 12.4. The van der Waals surface area contributed by atoms with Gasteiger partial charge >= 0.3 is 5.97 Å². The van der Waals surface area contributed by atoms with Crippen LogP contribution in [0.3, 0.4) is 0 Å². The SMILES string of the molecule is O=C(O)C1CCCC1S(=O)(=O)N1CC2CCC1C2. The molecular formula is C12H19NO4S. The van der Waals surface area contributed by atoms with E-state index in [1.165, 1.54) is 0 Å². The molecule has 2 bridgehead atoms. The maximum absolute atomic E-state index is 12.6. The van der Waals surface area contributed by atoms with Gasteiger partial charge in [0.15, 0.2) is 0 Å². The van der Waals surface area contributed by atoms with Crippen LogP contribution >= 0.6 is 0 Å². The molecule has 18 heavy (non-hydrogen) atoms. The Kier molecular flexibility index (Phi) is 2.90. The van der Waals surface area contributed by atoms with Crippen LogP contribution in [0.1, 0.15) is 38.5 Å². The lowest BCUT2D eigenvalue weighted by Crippen LogP contribution is -2.45. The lowest BCUT2D eigenvalue weighted by atomic mass is 10.1. The van der Waals surface area contributed by atoms with Gasteiger partial charge < -0.3 is 5.11 Å². The van der Waals surface area contributed by atoms with Crippen LogP contribution in [-0.4, -0.2) is 41.6 Å². The quantitative estimate of drug-likeness (QED) is 0.834. The van der Waals surface area contributed by atoms with Crippen molar-refractivity contribution in [3.8, 4) is 0 Å². The predicted molar refractivity (Wildman–Crippen MR) is 65.5 cm³/mol. The van der Waals surface area contributed by atoms with E-state index in [-0.39, 0.29) is 6.04 Å². The van der Waals surface area contributed by atoms with E-state index in [0.29, 0.717) is 31.7 Å². The Labute approximate surface area is 107 Å². The van der Waals surface area contributed by atoms with Gasteiger partial charge in [0.05, 0.1) is 11.2 Å². The van der Waals surface area contributed by atoms with E-state index >= 15 is 0 Å². The zero-order valence-electron chi connectivity index (χ0n) is 10.3. The van der Waals surface area contributed by atoms with Crippen molar-refractivity contribution in [3.05, 3.63) is 0 Å². The number of carboxylic acids is 1. The van der Waals surface area contributed by atoms with E-state index < -0.39 is 27.2 Å². The molecule has 6 heteroatoms. The number of rotatable bonds is 3. The molecule has 0 spiro atoms. The summed E-state index contributed by atoms with van der Waals surface area (Å²) < 4.78 is 26.8. The van der Waals surface area contributed by atoms with Crippen LogP contribution in [0.15, 0.2) is 0 Å². The molecule has 0 amide bonds. The number of aliphatic carboxylic acids is 1. The minimum atomic E-state index is -3.41. The van der Waals surface area contributed by atoms with E-state index in [1.54, 1.807) is 4.31 Å². The van der Waals surface area contributed by atoms with Crippen LogP contribution in [0.5, 0.6) is 0 Å². The summed E-state index contributed by atoms with van der Waals surface area (Å²) in [5.74, 6) is -1.14. The minimum Gasteiger partial charge on any atom is -0.481 e. The normalized spacial score (nSPS) is 40.4. The maximum Gasteiger partial charge on any atom is 0.307 e. The van der Waals surface area contributed by atoms with E-state index in [2.05, 4.69) is 0 Å². The van der Waals surface area contributed by atoms with E-state index in [9.17, 15) is 13.2 Å². The number of carbonyl (C=O) groups is 1. The first-order valence-corrected chi connectivity index (χ1v) is 8.24. The van der Waals surface area contributed by atoms with Crippen LogP contribution in [0.4, 0.5) is 0 Å². The average Bonchev–Trinajstić information content (AvgIpc) is 3.04. The number of hydrogen-bond donors (Lipinski definition) is 1. The standard InChI is InChI=1S/C12H19NO4S/c14-12(15)10-2-1-3-11(10)18(16,17)13-7-8-4-5-9(13)6-8/h8-11H,1-7H2,(H,14,15). The molecule has 102 valence electrons. The first-order chi connectivity index (χ1) is 8.50. The molecule has 3 fully saturated rings. The van der Waals surface area contributed by atoms with E-state index in [1.807, 2.05) is 0 Å². The van der Waals surface area contributed by atoms with Crippen molar-refractivity contribution in [2.45, 2.75) is 49.8 Å². The van der Waals surface area contributed by atoms with Crippen LogP contribution in [0, 0.1) is 11.8 Å². The number of nitrogens with zero attached hydrogens (tertiary/aromatic N) is 1. The van der Waals surface area contributed by atoms with Gasteiger partial charge in [-0.15, -0.1) is 0 Å². The first-order valence-electron chi connectivity index (χ1n) is 6.73. The molecule has 4 unspecified atom stereocenters. The number of piperidine rings is 1. The second-order valence-electron chi connectivity index (χ2n) is 5.86. The van der Waals surface area contributed by atoms with Crippen LogP contribution < -0.4 is 0 Å². The van der Waals surface area contributed by atoms with Crippen molar-refractivity contribution in [2.75, 3.05) is 6.54 Å². The fourth-order valence-corrected chi connectivity index (χ4v) is 6.44. The Morgan fingerprint density at radius 2 is 1.94 bits per heavy atom. The van der Waals surface area contributed by atoms with Crippen molar-refractivity contribution in [3.63, 3.8) is 0 Å². The fourth-order valence-electron chi connectivity index (χ4n) is 3.93. The Hall–Kier alpha value is -0.620. The van der Waals surface area contributed by atoms with E-state index in [4.69, 9.17) is 5.11 Å². The average molecular weight is 273 g/mol. The van der Waals surface area contributed by atoms with Crippen LogP contribution in [-0.2, 0) is 14.8 Å². The Morgan fingerprint density at radius 1 is 1.17 bits per heavy atom. The molecule has 5 nitrogen and oxygen atoms in total. The smallest absolute Gasteiger partial charge is 0.307 e. The van der Waals surface area contributed by atoms with Gasteiger partial charge in [0.1, 0.15) is 0 Å². The molecule has 1 N–H and O–H groups in total. The fraction of sp³-hybridized carbons (Fsp3) is 0.917. The summed E-state index contributed by atoms with van der Waals surface area (Å²) in [5.41, 5.74) is 0. The summed E-state index contributed by atoms with van der Waals surface area (Å²) in [4.78, 5) is 11.2. The highest BCUT2D eigenvalue weighted by Gasteiger charge is 2.50. The number of fused-ring (bicyclic) bond motifs is 2. The van der Waals surface area contributed by atoms with Crippen molar-refractivity contribution in [1.29, 1.82) is 0 Å². The minimum absolute atomic E-state index is 0.148. The van der Waals surface area contributed by atoms with Crippen LogP contribution in [0.2, 0.25) is 0 Å². The Morgan fingerprint density at radius 3 is 2.50 bits per heavy atom. The summed E-state index contributed by atoms with van der Waals surface area (Å²) >= 11 is 0. The van der Waals surface area contributed by atoms with Crippen molar-refractivity contribution >= 4 is 16.0 Å². The third kappa shape index (κ3) is 1.77. The molecule has 1 aliphatic heterocycles. The summed E-state index contributed by atoms with van der Waals surface area (Å²) in [6.07, 6.45) is 4.78. The van der Waals surface area contributed by atoms with Gasteiger partial charge in [0, 0.05) is 12.6 Å². The lowest BCUT2D eigenvalue weighted by Gasteiger charge is -2.30. The molecule has 2 aliphatic carbocycles. The number of sulfonamides is 1. The molecule has 3 rings (SSSR count). The third-order valence-electron chi connectivity index (χ3n) is 4.84. The molecule has 3 aliphatic rings. The molecule has 0 aromatic heterocycles. The lowest BCUT2D eigenvalue weighted by molar-refractivity contribution is -0.141. The topological polar surface area (TPSA) is 74.7 Å². The third-order valence-corrected chi connectivity index (χ3v) is 7.27. The van der Waals surface area contributed by atoms with Crippen LogP contribution in [0.25, 0.3) is 0 Å². The molecule has 0 radical (unpaired) electrons. The molecule has 1 saturated heterocycles. The molecule has 0 aromatic rings. The second-order valence-corrected chi connectivity index (χ2v) is 7.97. The summed E-state index contributed by atoms with van der Waals surface area (Å²) in [7, 11) is -3.41. The van der Waals surface area contributed by atoms with Gasteiger partial charge in [-0.25, -0.2) is 8.42 Å². The molecule has 0 aromatic carbocycles. The zero-order chi connectivity index (χ0) is 12.9. The summed E-state index contributed by atoms with van der Waals surface area (Å²) in [6.45, 7) is 0.621. The van der Waals surface area contributed by atoms with Gasteiger partial charge in [-0.3, -0.25) is 4.79 Å². The van der Waals surface area contributed by atoms with Gasteiger partial charge in [-0.1, -0.05) is 6.42 Å². The zero-order valence-corrected chi connectivity index (χ0v) is 11.1. The molecule has 2 saturated carbocycles. The van der Waals surface area contributed by atoms with Crippen molar-refractivity contribution in [1.82, 2.24) is 4.31 Å². The second kappa shape index (κ2) is 4.20. The largest absolute Gasteiger partial charge is 0.481 e. The Balaban J connectivity index is 1.84. The van der Waals surface area contributed by atoms with Gasteiger partial charge in [-0.2, -0.15) is 4.31 Å². The highest BCUT2D eigenvalue weighted by Crippen LogP contribution is 2.42. The van der Waals surface area contributed by atoms with Gasteiger partial charge in [0.2, 0.25) is 10.0 Å². The summed E-state index contributed by atoms with van der Waals surface area (Å²) in [5, 5.41) is 8.45. The summed E-state index contributed by atoms with van der Waals surface area (Å²) in [6, 6.07) is 0.148. The highest BCUT2D eigenvalue weighted by molar-refractivity contribution is 7.89. The molecule has 1 heterocycles. The maximum atomic E-state index is 12.6. The number of hydrogen-bond acceptors (Lipinski definition) is 3. The van der Waals surface area contributed by atoms with Gasteiger partial charge in [0.25, 0.3) is 0 Å². The Bertz CT molecular complexity index is 461. The molecular weight excluding hydrogens is 254 g/mol. The van der Waals surface area contributed by atoms with Crippen molar-refractivity contribution < 1.29 is 18.3 Å². The molecule has 4 atom stereocenters. The van der Waals surface area contributed by atoms with Crippen molar-refractivity contribution in [2.24, 2.45) is 11.8 Å². The van der Waals surface area contributed by atoms with E-state index in [0.717, 1.165) is 19.3 Å². The predicted octanol–water partition coefficient (Wildman–Crippen LogP) is 1.05. The number of carboxylic acid groups (broad SMARTS) is 1. The highest BCUT2D eigenvalue weighted by atomic mass is 32.2.